The van der Waals surface area contributed by atoms with E-state index in [4.69, 9.17) is 4.74 Å². The SMILES string of the molecule is CC(C)c1ccc(N2C(=O)CC(N(CCN3CCOCC3)C(=O)CC(C)(C)C)C2=O)cc1. The van der Waals surface area contributed by atoms with E-state index in [-0.39, 0.29) is 29.6 Å². The zero-order valence-electron chi connectivity index (χ0n) is 20.1. The average molecular weight is 444 g/mol. The molecule has 7 nitrogen and oxygen atoms in total. The van der Waals surface area contributed by atoms with Crippen molar-refractivity contribution in [3.05, 3.63) is 29.8 Å². The minimum Gasteiger partial charge on any atom is -0.379 e. The predicted molar refractivity (Wildman–Crippen MR) is 124 cm³/mol. The van der Waals surface area contributed by atoms with Crippen molar-refractivity contribution in [1.29, 1.82) is 0 Å². The number of hydrogen-bond donors (Lipinski definition) is 0. The third-order valence-electron chi connectivity index (χ3n) is 6.08. The third kappa shape index (κ3) is 5.95. The Hall–Kier alpha value is -2.25. The van der Waals surface area contributed by atoms with E-state index in [0.717, 1.165) is 18.7 Å². The number of benzene rings is 1. The van der Waals surface area contributed by atoms with Crippen LogP contribution in [0.4, 0.5) is 5.69 Å². The summed E-state index contributed by atoms with van der Waals surface area (Å²) in [5.41, 5.74) is 1.52. The summed E-state index contributed by atoms with van der Waals surface area (Å²) in [6.07, 6.45) is 0.362. The average Bonchev–Trinajstić information content (AvgIpc) is 3.01. The maximum absolute atomic E-state index is 13.4. The second kappa shape index (κ2) is 10.1. The summed E-state index contributed by atoms with van der Waals surface area (Å²) >= 11 is 0. The first-order valence-electron chi connectivity index (χ1n) is 11.6. The fourth-order valence-electron chi connectivity index (χ4n) is 4.22. The number of anilines is 1. The zero-order valence-corrected chi connectivity index (χ0v) is 20.1. The highest BCUT2D eigenvalue weighted by atomic mass is 16.5. The molecule has 0 aromatic heterocycles. The van der Waals surface area contributed by atoms with Gasteiger partial charge >= 0.3 is 0 Å². The molecule has 2 aliphatic rings. The monoisotopic (exact) mass is 443 g/mol. The van der Waals surface area contributed by atoms with Gasteiger partial charge in [-0.3, -0.25) is 19.3 Å². The van der Waals surface area contributed by atoms with Crippen LogP contribution in [0, 0.1) is 5.41 Å². The normalized spacial score (nSPS) is 20.3. The van der Waals surface area contributed by atoms with E-state index in [9.17, 15) is 14.4 Å². The van der Waals surface area contributed by atoms with Gasteiger partial charge in [-0.2, -0.15) is 0 Å². The molecule has 1 aromatic rings. The van der Waals surface area contributed by atoms with Gasteiger partial charge in [-0.15, -0.1) is 0 Å². The van der Waals surface area contributed by atoms with Crippen molar-refractivity contribution < 1.29 is 19.1 Å². The Morgan fingerprint density at radius 3 is 2.31 bits per heavy atom. The van der Waals surface area contributed by atoms with Crippen LogP contribution in [0.15, 0.2) is 24.3 Å². The van der Waals surface area contributed by atoms with E-state index in [2.05, 4.69) is 18.7 Å². The van der Waals surface area contributed by atoms with Gasteiger partial charge in [0.2, 0.25) is 11.8 Å². The van der Waals surface area contributed by atoms with Crippen LogP contribution in [0.2, 0.25) is 0 Å². The lowest BCUT2D eigenvalue weighted by atomic mass is 9.91. The van der Waals surface area contributed by atoms with Crippen LogP contribution >= 0.6 is 0 Å². The van der Waals surface area contributed by atoms with Crippen LogP contribution in [0.25, 0.3) is 0 Å². The molecule has 1 unspecified atom stereocenters. The molecule has 1 atom stereocenters. The van der Waals surface area contributed by atoms with Gasteiger partial charge in [0.1, 0.15) is 6.04 Å². The zero-order chi connectivity index (χ0) is 23.5. The number of rotatable bonds is 7. The minimum atomic E-state index is -0.747. The second-order valence-corrected chi connectivity index (χ2v) is 10.3. The quantitative estimate of drug-likeness (QED) is 0.606. The van der Waals surface area contributed by atoms with Gasteiger partial charge < -0.3 is 9.64 Å². The van der Waals surface area contributed by atoms with E-state index in [1.54, 1.807) is 4.90 Å². The molecular formula is C25H37N3O4. The van der Waals surface area contributed by atoms with Crippen molar-refractivity contribution in [3.63, 3.8) is 0 Å². The van der Waals surface area contributed by atoms with Crippen molar-refractivity contribution in [1.82, 2.24) is 9.80 Å². The standard InChI is InChI=1S/C25H37N3O4/c1-18(2)19-6-8-20(9-7-19)28-22(29)16-21(24(28)31)27(23(30)17-25(3,4)5)11-10-26-12-14-32-15-13-26/h6-9,18,21H,10-17H2,1-5H3. The highest BCUT2D eigenvalue weighted by Gasteiger charge is 2.44. The van der Waals surface area contributed by atoms with Crippen LogP contribution in [0.3, 0.4) is 0 Å². The van der Waals surface area contributed by atoms with Crippen molar-refractivity contribution in [2.75, 3.05) is 44.3 Å². The lowest BCUT2D eigenvalue weighted by Gasteiger charge is -2.33. The molecule has 3 rings (SSSR count). The number of amides is 3. The molecule has 2 fully saturated rings. The van der Waals surface area contributed by atoms with Gasteiger partial charge in [0.25, 0.3) is 5.91 Å². The summed E-state index contributed by atoms with van der Waals surface area (Å²) in [4.78, 5) is 44.6. The highest BCUT2D eigenvalue weighted by molar-refractivity contribution is 6.23. The Bertz CT molecular complexity index is 823. The van der Waals surface area contributed by atoms with E-state index < -0.39 is 6.04 Å². The second-order valence-electron chi connectivity index (χ2n) is 10.3. The Balaban J connectivity index is 1.79. The summed E-state index contributed by atoms with van der Waals surface area (Å²) in [6.45, 7) is 14.3. The van der Waals surface area contributed by atoms with Crippen molar-refractivity contribution >= 4 is 23.4 Å². The smallest absolute Gasteiger partial charge is 0.257 e. The third-order valence-corrected chi connectivity index (χ3v) is 6.08. The van der Waals surface area contributed by atoms with Crippen molar-refractivity contribution in [2.45, 2.75) is 59.4 Å². The predicted octanol–water partition coefficient (Wildman–Crippen LogP) is 3.04. The Morgan fingerprint density at radius 2 is 1.75 bits per heavy atom. The topological polar surface area (TPSA) is 70.2 Å². The largest absolute Gasteiger partial charge is 0.379 e. The van der Waals surface area contributed by atoms with E-state index in [1.807, 2.05) is 45.0 Å². The number of carbonyl (C=O) groups is 3. The molecule has 1 aromatic carbocycles. The molecule has 7 heteroatoms. The summed E-state index contributed by atoms with van der Waals surface area (Å²) in [6, 6.07) is 6.80. The fraction of sp³-hybridized carbons (Fsp3) is 0.640. The number of imide groups is 1. The molecule has 3 amide bonds. The number of hydrogen-bond acceptors (Lipinski definition) is 5. The van der Waals surface area contributed by atoms with Crippen molar-refractivity contribution in [2.24, 2.45) is 5.41 Å². The molecule has 0 radical (unpaired) electrons. The molecule has 0 N–H and O–H groups in total. The molecule has 0 spiro atoms. The summed E-state index contributed by atoms with van der Waals surface area (Å²) in [5.74, 6) is -0.268. The number of ether oxygens (including phenoxy) is 1. The molecule has 2 aliphatic heterocycles. The number of nitrogens with zero attached hydrogens (tertiary/aromatic N) is 3. The van der Waals surface area contributed by atoms with Crippen molar-refractivity contribution in [3.8, 4) is 0 Å². The Kier molecular flexibility index (Phi) is 7.72. The highest BCUT2D eigenvalue weighted by Crippen LogP contribution is 2.29. The van der Waals surface area contributed by atoms with E-state index in [1.165, 1.54) is 4.90 Å². The van der Waals surface area contributed by atoms with Crippen LogP contribution < -0.4 is 4.90 Å². The van der Waals surface area contributed by atoms with E-state index in [0.29, 0.717) is 44.3 Å². The first kappa shape index (κ1) is 24.4. The van der Waals surface area contributed by atoms with Gasteiger partial charge in [-0.1, -0.05) is 46.8 Å². The summed E-state index contributed by atoms with van der Waals surface area (Å²) < 4.78 is 5.41. The first-order valence-corrected chi connectivity index (χ1v) is 11.6. The molecule has 0 bridgehead atoms. The Morgan fingerprint density at radius 1 is 1.12 bits per heavy atom. The van der Waals surface area contributed by atoms with Gasteiger partial charge in [0, 0.05) is 32.6 Å². The number of morpholine rings is 1. The van der Waals surface area contributed by atoms with Crippen LogP contribution in [0.1, 0.15) is 58.9 Å². The maximum atomic E-state index is 13.4. The summed E-state index contributed by atoms with van der Waals surface area (Å²) in [5, 5.41) is 0. The molecule has 176 valence electrons. The lowest BCUT2D eigenvalue weighted by Crippen LogP contribution is -2.50. The molecule has 0 aliphatic carbocycles. The molecule has 0 saturated carbocycles. The van der Waals surface area contributed by atoms with E-state index >= 15 is 0 Å². The van der Waals surface area contributed by atoms with Gasteiger partial charge in [-0.25, -0.2) is 4.90 Å². The molecule has 2 saturated heterocycles. The molecular weight excluding hydrogens is 406 g/mol. The van der Waals surface area contributed by atoms with Crippen LogP contribution in [-0.4, -0.2) is 73.0 Å². The first-order chi connectivity index (χ1) is 15.1. The number of carbonyl (C=O) groups excluding carboxylic acids is 3. The van der Waals surface area contributed by atoms with Gasteiger partial charge in [0.05, 0.1) is 25.3 Å². The van der Waals surface area contributed by atoms with Crippen LogP contribution in [0.5, 0.6) is 0 Å². The van der Waals surface area contributed by atoms with Crippen LogP contribution in [-0.2, 0) is 19.1 Å². The van der Waals surface area contributed by atoms with Gasteiger partial charge in [-0.05, 0) is 29.0 Å². The summed E-state index contributed by atoms with van der Waals surface area (Å²) in [7, 11) is 0. The lowest BCUT2D eigenvalue weighted by molar-refractivity contribution is -0.140. The fourth-order valence-corrected chi connectivity index (χ4v) is 4.22. The minimum absolute atomic E-state index is 0.0315. The Labute approximate surface area is 191 Å². The van der Waals surface area contributed by atoms with Gasteiger partial charge in [0.15, 0.2) is 0 Å². The molecule has 32 heavy (non-hydrogen) atoms. The maximum Gasteiger partial charge on any atom is 0.257 e. The molecule has 2 heterocycles.